The highest BCUT2D eigenvalue weighted by molar-refractivity contribution is 5.87. The van der Waals surface area contributed by atoms with Crippen LogP contribution in [0.4, 0.5) is 0 Å². The van der Waals surface area contributed by atoms with E-state index in [4.69, 9.17) is 0 Å². The molecule has 0 atom stereocenters. The first-order valence-corrected chi connectivity index (χ1v) is 6.60. The molecule has 4 nitrogen and oxygen atoms in total. The maximum Gasteiger partial charge on any atom is 0.356 e. The molecule has 0 bridgehead atoms. The van der Waals surface area contributed by atoms with E-state index in [1.807, 2.05) is 4.68 Å². The normalized spacial score (nSPS) is 20.5. The maximum atomic E-state index is 11.3. The molecule has 0 saturated heterocycles. The zero-order valence-electron chi connectivity index (χ0n) is 9.98. The van der Waals surface area contributed by atoms with E-state index in [-0.39, 0.29) is 0 Å². The summed E-state index contributed by atoms with van der Waals surface area (Å²) in [5.41, 5.74) is 2.59. The molecular formula is C13H18N2O2. The maximum absolute atomic E-state index is 11.3. The van der Waals surface area contributed by atoms with E-state index in [0.717, 1.165) is 37.8 Å². The van der Waals surface area contributed by atoms with Crippen molar-refractivity contribution >= 4 is 5.97 Å². The number of carboxylic acids is 1. The Bertz CT molecular complexity index is 445. The van der Waals surface area contributed by atoms with E-state index in [9.17, 15) is 9.90 Å². The van der Waals surface area contributed by atoms with Gasteiger partial charge in [-0.15, -0.1) is 0 Å². The molecule has 0 unspecified atom stereocenters. The second-order valence-electron chi connectivity index (χ2n) is 5.18. The zero-order chi connectivity index (χ0) is 11.8. The van der Waals surface area contributed by atoms with Crippen LogP contribution in [-0.4, -0.2) is 20.9 Å². The van der Waals surface area contributed by atoms with Crippen molar-refractivity contribution in [2.45, 2.75) is 57.4 Å². The SMILES string of the molecule is O=C(O)c1nn2c(c1C1CCCCC1)CCC2. The molecule has 2 aliphatic rings. The van der Waals surface area contributed by atoms with Crippen LogP contribution in [0.2, 0.25) is 0 Å². The predicted molar refractivity (Wildman–Crippen MR) is 63.3 cm³/mol. The fraction of sp³-hybridized carbons (Fsp3) is 0.692. The Labute approximate surface area is 101 Å². The minimum atomic E-state index is -0.854. The molecule has 1 N–H and O–H groups in total. The Morgan fingerprint density at radius 2 is 2.00 bits per heavy atom. The van der Waals surface area contributed by atoms with Crippen LogP contribution in [-0.2, 0) is 13.0 Å². The summed E-state index contributed by atoms with van der Waals surface area (Å²) < 4.78 is 1.92. The third-order valence-corrected chi connectivity index (χ3v) is 4.10. The molecule has 4 heteroatoms. The van der Waals surface area contributed by atoms with Crippen molar-refractivity contribution < 1.29 is 9.90 Å². The molecule has 1 aromatic rings. The lowest BCUT2D eigenvalue weighted by Gasteiger charge is -2.22. The van der Waals surface area contributed by atoms with Gasteiger partial charge in [-0.2, -0.15) is 5.10 Å². The van der Waals surface area contributed by atoms with E-state index in [0.29, 0.717) is 11.6 Å². The molecule has 0 spiro atoms. The Morgan fingerprint density at radius 1 is 1.24 bits per heavy atom. The van der Waals surface area contributed by atoms with Crippen LogP contribution in [0.25, 0.3) is 0 Å². The highest BCUT2D eigenvalue weighted by Crippen LogP contribution is 2.38. The molecule has 1 saturated carbocycles. The Kier molecular flexibility index (Phi) is 2.65. The number of fused-ring (bicyclic) bond motifs is 1. The number of hydrogen-bond donors (Lipinski definition) is 1. The highest BCUT2D eigenvalue weighted by atomic mass is 16.4. The van der Waals surface area contributed by atoms with Gasteiger partial charge in [0.05, 0.1) is 0 Å². The quantitative estimate of drug-likeness (QED) is 0.855. The largest absolute Gasteiger partial charge is 0.476 e. The number of rotatable bonds is 2. The minimum Gasteiger partial charge on any atom is -0.476 e. The number of hydrogen-bond acceptors (Lipinski definition) is 2. The summed E-state index contributed by atoms with van der Waals surface area (Å²) in [5.74, 6) is -0.413. The Morgan fingerprint density at radius 3 is 2.71 bits per heavy atom. The van der Waals surface area contributed by atoms with E-state index < -0.39 is 5.97 Å². The predicted octanol–water partition coefficient (Wildman–Crippen LogP) is 2.58. The average molecular weight is 234 g/mol. The second-order valence-corrected chi connectivity index (χ2v) is 5.18. The zero-order valence-corrected chi connectivity index (χ0v) is 9.98. The fourth-order valence-corrected chi connectivity index (χ4v) is 3.33. The minimum absolute atomic E-state index is 0.326. The molecule has 92 valence electrons. The van der Waals surface area contributed by atoms with Crippen LogP contribution in [0.15, 0.2) is 0 Å². The summed E-state index contributed by atoms with van der Waals surface area (Å²) in [7, 11) is 0. The van der Waals surface area contributed by atoms with Crippen LogP contribution in [0.3, 0.4) is 0 Å². The van der Waals surface area contributed by atoms with Crippen molar-refractivity contribution in [3.05, 3.63) is 17.0 Å². The van der Waals surface area contributed by atoms with Gasteiger partial charge in [-0.3, -0.25) is 4.68 Å². The summed E-state index contributed by atoms with van der Waals surface area (Å²) in [6.07, 6.45) is 8.15. The average Bonchev–Trinajstić information content (AvgIpc) is 2.89. The number of aryl methyl sites for hydroxylation is 1. The van der Waals surface area contributed by atoms with Gasteiger partial charge in [0.1, 0.15) is 0 Å². The smallest absolute Gasteiger partial charge is 0.356 e. The second kappa shape index (κ2) is 4.17. The number of aromatic carboxylic acids is 1. The van der Waals surface area contributed by atoms with Gasteiger partial charge in [0.15, 0.2) is 5.69 Å². The van der Waals surface area contributed by atoms with Crippen LogP contribution in [0.1, 0.15) is 66.2 Å². The molecule has 0 radical (unpaired) electrons. The summed E-state index contributed by atoms with van der Waals surface area (Å²) in [5, 5.41) is 13.6. The van der Waals surface area contributed by atoms with Crippen molar-refractivity contribution in [3.63, 3.8) is 0 Å². The third-order valence-electron chi connectivity index (χ3n) is 4.10. The Hall–Kier alpha value is -1.32. The number of nitrogens with zero attached hydrogens (tertiary/aromatic N) is 2. The molecular weight excluding hydrogens is 216 g/mol. The molecule has 2 heterocycles. The van der Waals surface area contributed by atoms with E-state index in [2.05, 4.69) is 5.10 Å². The topological polar surface area (TPSA) is 55.1 Å². The summed E-state index contributed by atoms with van der Waals surface area (Å²) in [6, 6.07) is 0. The van der Waals surface area contributed by atoms with Gasteiger partial charge in [-0.05, 0) is 31.6 Å². The van der Waals surface area contributed by atoms with Crippen molar-refractivity contribution in [1.29, 1.82) is 0 Å². The third kappa shape index (κ3) is 1.75. The summed E-state index contributed by atoms with van der Waals surface area (Å²) in [4.78, 5) is 11.3. The van der Waals surface area contributed by atoms with Crippen LogP contribution < -0.4 is 0 Å². The molecule has 0 amide bonds. The number of carbonyl (C=O) groups is 1. The van der Waals surface area contributed by atoms with E-state index in [1.54, 1.807) is 0 Å². The molecule has 1 fully saturated rings. The van der Waals surface area contributed by atoms with E-state index >= 15 is 0 Å². The van der Waals surface area contributed by atoms with Crippen molar-refractivity contribution in [3.8, 4) is 0 Å². The van der Waals surface area contributed by atoms with Crippen molar-refractivity contribution in [1.82, 2.24) is 9.78 Å². The van der Waals surface area contributed by atoms with Gasteiger partial charge in [0.25, 0.3) is 0 Å². The monoisotopic (exact) mass is 234 g/mol. The number of carboxylic acid groups (broad SMARTS) is 1. The van der Waals surface area contributed by atoms with Gasteiger partial charge >= 0.3 is 5.97 Å². The highest BCUT2D eigenvalue weighted by Gasteiger charge is 2.30. The lowest BCUT2D eigenvalue weighted by Crippen LogP contribution is -2.11. The van der Waals surface area contributed by atoms with Gasteiger partial charge < -0.3 is 5.11 Å². The molecule has 3 rings (SSSR count). The van der Waals surface area contributed by atoms with Gasteiger partial charge in [0, 0.05) is 17.8 Å². The molecule has 1 aliphatic heterocycles. The fourth-order valence-electron chi connectivity index (χ4n) is 3.33. The van der Waals surface area contributed by atoms with Gasteiger partial charge in [-0.1, -0.05) is 19.3 Å². The lowest BCUT2D eigenvalue weighted by atomic mass is 9.82. The first-order chi connectivity index (χ1) is 8.27. The molecule has 1 aromatic heterocycles. The first kappa shape index (κ1) is 10.8. The van der Waals surface area contributed by atoms with Gasteiger partial charge in [0.2, 0.25) is 0 Å². The first-order valence-electron chi connectivity index (χ1n) is 6.60. The van der Waals surface area contributed by atoms with Crippen LogP contribution >= 0.6 is 0 Å². The van der Waals surface area contributed by atoms with Crippen LogP contribution in [0.5, 0.6) is 0 Å². The standard InChI is InChI=1S/C13H18N2O2/c16-13(17)12-11(9-5-2-1-3-6-9)10-7-4-8-15(10)14-12/h9H,1-8H2,(H,16,17). The Balaban J connectivity index is 2.03. The van der Waals surface area contributed by atoms with E-state index in [1.165, 1.54) is 25.0 Å². The summed E-state index contributed by atoms with van der Waals surface area (Å²) in [6.45, 7) is 0.891. The summed E-state index contributed by atoms with van der Waals surface area (Å²) >= 11 is 0. The molecule has 1 aliphatic carbocycles. The van der Waals surface area contributed by atoms with Crippen molar-refractivity contribution in [2.75, 3.05) is 0 Å². The van der Waals surface area contributed by atoms with Crippen molar-refractivity contribution in [2.24, 2.45) is 0 Å². The number of aromatic nitrogens is 2. The lowest BCUT2D eigenvalue weighted by molar-refractivity contribution is 0.0687. The van der Waals surface area contributed by atoms with Crippen LogP contribution in [0, 0.1) is 0 Å². The van der Waals surface area contributed by atoms with Gasteiger partial charge in [-0.25, -0.2) is 4.79 Å². The molecule has 17 heavy (non-hydrogen) atoms. The molecule has 0 aromatic carbocycles.